The van der Waals surface area contributed by atoms with Gasteiger partial charge in [-0.2, -0.15) is 0 Å². The molecule has 0 aromatic carbocycles. The largest absolute Gasteiger partial charge is 0.477 e. The summed E-state index contributed by atoms with van der Waals surface area (Å²) in [6, 6.07) is 1.52. The summed E-state index contributed by atoms with van der Waals surface area (Å²) in [7, 11) is 1.31. The first kappa shape index (κ1) is 10.7. The number of carbonyl (C=O) groups excluding carboxylic acids is 1. The molecule has 1 aliphatic rings. The third-order valence-electron chi connectivity index (χ3n) is 2.48. The van der Waals surface area contributed by atoms with Gasteiger partial charge in [-0.1, -0.05) is 0 Å². The second-order valence-corrected chi connectivity index (χ2v) is 3.86. The van der Waals surface area contributed by atoms with Crippen LogP contribution in [0.25, 0.3) is 0 Å². The molecule has 5 heteroatoms. The number of esters is 1. The van der Waals surface area contributed by atoms with Crippen LogP contribution in [0.3, 0.4) is 0 Å². The molecule has 1 fully saturated rings. The number of hydrogen-bond acceptors (Lipinski definition) is 5. The zero-order valence-electron chi connectivity index (χ0n) is 9.10. The van der Waals surface area contributed by atoms with Gasteiger partial charge in [0.15, 0.2) is 0 Å². The Labute approximate surface area is 93.6 Å². The summed E-state index contributed by atoms with van der Waals surface area (Å²) in [6.07, 6.45) is 3.83. The van der Waals surface area contributed by atoms with Crippen LogP contribution in [0.5, 0.6) is 5.88 Å². The molecule has 0 bridgehead atoms. The lowest BCUT2D eigenvalue weighted by atomic mass is 10.2. The minimum absolute atomic E-state index is 0.295. The number of hydrogen-bond donors (Lipinski definition) is 1. The third-order valence-corrected chi connectivity index (χ3v) is 2.48. The average molecular weight is 222 g/mol. The normalized spacial score (nSPS) is 14.6. The molecule has 1 heterocycles. The molecule has 1 aromatic rings. The highest BCUT2D eigenvalue weighted by Gasteiger charge is 2.22. The van der Waals surface area contributed by atoms with Gasteiger partial charge in [-0.05, 0) is 18.8 Å². The molecular weight excluding hydrogens is 208 g/mol. The maximum atomic E-state index is 11.4. The van der Waals surface area contributed by atoms with Gasteiger partial charge in [-0.15, -0.1) is 0 Å². The molecule has 86 valence electrons. The summed E-state index contributed by atoms with van der Waals surface area (Å²) in [4.78, 5) is 15.4. The first-order valence-corrected chi connectivity index (χ1v) is 5.17. The fraction of sp³-hybridized carbons (Fsp3) is 0.455. The Balaban J connectivity index is 2.10. The lowest BCUT2D eigenvalue weighted by Gasteiger charge is -2.07. The van der Waals surface area contributed by atoms with Crippen LogP contribution in [-0.2, 0) is 4.74 Å². The van der Waals surface area contributed by atoms with E-state index in [4.69, 9.17) is 10.5 Å². The molecule has 2 rings (SSSR count). The van der Waals surface area contributed by atoms with E-state index in [9.17, 15) is 4.79 Å². The lowest BCUT2D eigenvalue weighted by molar-refractivity contribution is 0.0601. The van der Waals surface area contributed by atoms with Crippen LogP contribution in [0, 0.1) is 5.92 Å². The first-order chi connectivity index (χ1) is 7.70. The van der Waals surface area contributed by atoms with E-state index in [0.717, 1.165) is 0 Å². The van der Waals surface area contributed by atoms with Crippen molar-refractivity contribution >= 4 is 11.7 Å². The van der Waals surface area contributed by atoms with E-state index in [1.807, 2.05) is 0 Å². The van der Waals surface area contributed by atoms with Crippen LogP contribution in [0.2, 0.25) is 0 Å². The molecule has 0 atom stereocenters. The first-order valence-electron chi connectivity index (χ1n) is 5.17. The molecule has 1 saturated carbocycles. The summed E-state index contributed by atoms with van der Waals surface area (Å²) in [5.74, 6) is 0.582. The number of methoxy groups -OCH3 is 1. The zero-order chi connectivity index (χ0) is 11.5. The minimum atomic E-state index is -0.476. The van der Waals surface area contributed by atoms with Crippen LogP contribution in [0.4, 0.5) is 5.69 Å². The molecule has 0 radical (unpaired) electrons. The van der Waals surface area contributed by atoms with Gasteiger partial charge in [0.25, 0.3) is 0 Å². The SMILES string of the molecule is COC(=O)c1cc(OCC2CC2)ncc1N. The highest BCUT2D eigenvalue weighted by atomic mass is 16.5. The molecular formula is C11H14N2O3. The predicted molar refractivity (Wildman–Crippen MR) is 58.2 cm³/mol. The van der Waals surface area contributed by atoms with Gasteiger partial charge in [0, 0.05) is 6.07 Å². The molecule has 0 saturated heterocycles. The van der Waals surface area contributed by atoms with Crippen LogP contribution in [-0.4, -0.2) is 24.7 Å². The Morgan fingerprint density at radius 2 is 2.38 bits per heavy atom. The van der Waals surface area contributed by atoms with Crippen LogP contribution >= 0.6 is 0 Å². The predicted octanol–water partition coefficient (Wildman–Crippen LogP) is 1.24. The quantitative estimate of drug-likeness (QED) is 0.776. The van der Waals surface area contributed by atoms with E-state index in [2.05, 4.69) is 9.72 Å². The zero-order valence-corrected chi connectivity index (χ0v) is 9.10. The molecule has 16 heavy (non-hydrogen) atoms. The summed E-state index contributed by atoms with van der Waals surface area (Å²) >= 11 is 0. The number of aromatic nitrogens is 1. The van der Waals surface area contributed by atoms with Gasteiger partial charge in [0.2, 0.25) is 5.88 Å². The smallest absolute Gasteiger partial charge is 0.340 e. The highest BCUT2D eigenvalue weighted by Crippen LogP contribution is 2.29. The van der Waals surface area contributed by atoms with Crippen molar-refractivity contribution in [3.8, 4) is 5.88 Å². The van der Waals surface area contributed by atoms with Gasteiger partial charge < -0.3 is 15.2 Å². The van der Waals surface area contributed by atoms with Gasteiger partial charge >= 0.3 is 5.97 Å². The van der Waals surface area contributed by atoms with Crippen molar-refractivity contribution in [3.63, 3.8) is 0 Å². The molecule has 2 N–H and O–H groups in total. The summed E-state index contributed by atoms with van der Waals surface area (Å²) in [5, 5.41) is 0. The fourth-order valence-electron chi connectivity index (χ4n) is 1.30. The van der Waals surface area contributed by atoms with E-state index < -0.39 is 5.97 Å². The van der Waals surface area contributed by atoms with Crippen molar-refractivity contribution in [1.29, 1.82) is 0 Å². The molecule has 1 aromatic heterocycles. The highest BCUT2D eigenvalue weighted by molar-refractivity contribution is 5.95. The Morgan fingerprint density at radius 1 is 1.62 bits per heavy atom. The number of ether oxygens (including phenoxy) is 2. The molecule has 0 spiro atoms. The van der Waals surface area contributed by atoms with Gasteiger partial charge in [0.1, 0.15) is 0 Å². The van der Waals surface area contributed by atoms with Crippen molar-refractivity contribution in [2.75, 3.05) is 19.5 Å². The third kappa shape index (κ3) is 2.42. The number of anilines is 1. The second kappa shape index (κ2) is 4.38. The lowest BCUT2D eigenvalue weighted by Crippen LogP contribution is -2.08. The molecule has 0 aliphatic heterocycles. The minimum Gasteiger partial charge on any atom is -0.477 e. The van der Waals surface area contributed by atoms with Crippen LogP contribution in [0.1, 0.15) is 23.2 Å². The Bertz CT molecular complexity index is 402. The molecule has 0 amide bonds. The van der Waals surface area contributed by atoms with Crippen molar-refractivity contribution in [3.05, 3.63) is 17.8 Å². The van der Waals surface area contributed by atoms with E-state index in [0.29, 0.717) is 29.7 Å². The standard InChI is InChI=1S/C11H14N2O3/c1-15-11(14)8-4-10(13-5-9(8)12)16-6-7-2-3-7/h4-5,7H,2-3,6,12H2,1H3. The Hall–Kier alpha value is -1.78. The van der Waals surface area contributed by atoms with E-state index in [1.54, 1.807) is 0 Å². The van der Waals surface area contributed by atoms with Crippen LogP contribution < -0.4 is 10.5 Å². The fourth-order valence-corrected chi connectivity index (χ4v) is 1.30. The summed E-state index contributed by atoms with van der Waals surface area (Å²) in [6.45, 7) is 0.650. The Kier molecular flexibility index (Phi) is 2.94. The second-order valence-electron chi connectivity index (χ2n) is 3.86. The van der Waals surface area contributed by atoms with E-state index >= 15 is 0 Å². The van der Waals surface area contributed by atoms with Crippen LogP contribution in [0.15, 0.2) is 12.3 Å². The van der Waals surface area contributed by atoms with Crippen molar-refractivity contribution in [2.45, 2.75) is 12.8 Å². The van der Waals surface area contributed by atoms with Crippen molar-refractivity contribution in [1.82, 2.24) is 4.98 Å². The topological polar surface area (TPSA) is 74.4 Å². The number of nitrogens with zero attached hydrogens (tertiary/aromatic N) is 1. The molecule has 0 unspecified atom stereocenters. The average Bonchev–Trinajstić information content (AvgIpc) is 3.11. The summed E-state index contributed by atoms with van der Waals surface area (Å²) < 4.78 is 10.1. The van der Waals surface area contributed by atoms with Gasteiger partial charge in [0.05, 0.1) is 31.2 Å². The van der Waals surface area contributed by atoms with Gasteiger partial charge in [-0.3, -0.25) is 0 Å². The maximum absolute atomic E-state index is 11.4. The number of carbonyl (C=O) groups is 1. The van der Waals surface area contributed by atoms with E-state index in [-0.39, 0.29) is 0 Å². The molecule has 5 nitrogen and oxygen atoms in total. The maximum Gasteiger partial charge on any atom is 0.340 e. The number of nitrogen functional groups attached to an aromatic ring is 1. The van der Waals surface area contributed by atoms with Gasteiger partial charge in [-0.25, -0.2) is 9.78 Å². The monoisotopic (exact) mass is 222 g/mol. The van der Waals surface area contributed by atoms with Crippen molar-refractivity contribution < 1.29 is 14.3 Å². The number of nitrogens with two attached hydrogens (primary N) is 1. The number of rotatable bonds is 4. The molecule has 1 aliphatic carbocycles. The summed E-state index contributed by atoms with van der Waals surface area (Å²) in [5.41, 5.74) is 6.21. The Morgan fingerprint density at radius 3 is 3.00 bits per heavy atom. The number of pyridine rings is 1. The van der Waals surface area contributed by atoms with Crippen molar-refractivity contribution in [2.24, 2.45) is 5.92 Å². The van der Waals surface area contributed by atoms with E-state index in [1.165, 1.54) is 32.2 Å².